The highest BCUT2D eigenvalue weighted by molar-refractivity contribution is 5.34. The average molecular weight is 207 g/mol. The Labute approximate surface area is 91.4 Å². The monoisotopic (exact) mass is 207 g/mol. The largest absolute Gasteiger partial charge is 0.327 e. The number of H-pyrrole nitrogens is 1. The summed E-state index contributed by atoms with van der Waals surface area (Å²) in [6.45, 7) is 6.50. The van der Waals surface area contributed by atoms with Gasteiger partial charge in [0, 0.05) is 23.2 Å². The minimum atomic E-state index is 0.235. The Morgan fingerprint density at radius 1 is 1.40 bits per heavy atom. The summed E-state index contributed by atoms with van der Waals surface area (Å²) in [7, 11) is 0. The van der Waals surface area contributed by atoms with Crippen molar-refractivity contribution in [1.29, 1.82) is 0 Å². The molecule has 2 atom stereocenters. The molecule has 0 bridgehead atoms. The molecule has 1 aliphatic carbocycles. The molecule has 1 aliphatic rings. The van der Waals surface area contributed by atoms with Crippen LogP contribution in [0, 0.1) is 0 Å². The van der Waals surface area contributed by atoms with Crippen molar-refractivity contribution in [1.82, 2.24) is 10.2 Å². The van der Waals surface area contributed by atoms with Crippen LogP contribution in [0.25, 0.3) is 0 Å². The predicted octanol–water partition coefficient (Wildman–Crippen LogP) is 2.30. The lowest BCUT2D eigenvalue weighted by Crippen LogP contribution is -2.28. The quantitative estimate of drug-likeness (QED) is 0.781. The minimum Gasteiger partial charge on any atom is -0.327 e. The van der Waals surface area contributed by atoms with Gasteiger partial charge in [0.25, 0.3) is 0 Å². The second kappa shape index (κ2) is 3.97. The lowest BCUT2D eigenvalue weighted by atomic mass is 9.80. The normalized spacial score (nSPS) is 22.9. The van der Waals surface area contributed by atoms with Crippen molar-refractivity contribution in [3.05, 3.63) is 17.0 Å². The number of rotatable bonds is 2. The molecule has 0 aromatic carbocycles. The molecule has 0 saturated carbocycles. The third-order valence-corrected chi connectivity index (χ3v) is 3.41. The SMILES string of the molecule is CC(C)c1n[nH]c2c1C(C(C)N)CCC2. The van der Waals surface area contributed by atoms with Gasteiger partial charge in [-0.15, -0.1) is 0 Å². The molecule has 3 nitrogen and oxygen atoms in total. The fourth-order valence-electron chi connectivity index (χ4n) is 2.62. The molecule has 84 valence electrons. The third kappa shape index (κ3) is 1.81. The molecule has 15 heavy (non-hydrogen) atoms. The van der Waals surface area contributed by atoms with Gasteiger partial charge < -0.3 is 5.73 Å². The van der Waals surface area contributed by atoms with Crippen LogP contribution in [0.5, 0.6) is 0 Å². The highest BCUT2D eigenvalue weighted by atomic mass is 15.1. The van der Waals surface area contributed by atoms with Gasteiger partial charge in [0.1, 0.15) is 0 Å². The van der Waals surface area contributed by atoms with Gasteiger partial charge in [-0.3, -0.25) is 5.10 Å². The van der Waals surface area contributed by atoms with E-state index in [-0.39, 0.29) is 6.04 Å². The van der Waals surface area contributed by atoms with Crippen molar-refractivity contribution in [2.24, 2.45) is 5.73 Å². The van der Waals surface area contributed by atoms with Gasteiger partial charge in [-0.25, -0.2) is 0 Å². The summed E-state index contributed by atoms with van der Waals surface area (Å²) in [4.78, 5) is 0. The summed E-state index contributed by atoms with van der Waals surface area (Å²) in [6, 6.07) is 0.235. The summed E-state index contributed by atoms with van der Waals surface area (Å²) in [5, 5.41) is 7.64. The van der Waals surface area contributed by atoms with Crippen LogP contribution in [-0.4, -0.2) is 16.2 Å². The highest BCUT2D eigenvalue weighted by Gasteiger charge is 2.29. The summed E-state index contributed by atoms with van der Waals surface area (Å²) in [6.07, 6.45) is 3.58. The van der Waals surface area contributed by atoms with Gasteiger partial charge in [-0.1, -0.05) is 13.8 Å². The Morgan fingerprint density at radius 2 is 2.13 bits per heavy atom. The first kappa shape index (κ1) is 10.7. The zero-order chi connectivity index (χ0) is 11.0. The number of aromatic amines is 1. The number of hydrogen-bond acceptors (Lipinski definition) is 2. The average Bonchev–Trinajstić information content (AvgIpc) is 2.60. The molecule has 2 rings (SSSR count). The molecular formula is C12H21N3. The van der Waals surface area contributed by atoms with Crippen LogP contribution in [0.1, 0.15) is 62.4 Å². The number of nitrogens with one attached hydrogen (secondary N) is 1. The van der Waals surface area contributed by atoms with Crippen LogP contribution < -0.4 is 5.73 Å². The van der Waals surface area contributed by atoms with Crippen LogP contribution in [0.15, 0.2) is 0 Å². The topological polar surface area (TPSA) is 54.7 Å². The van der Waals surface area contributed by atoms with Crippen LogP contribution in [0.2, 0.25) is 0 Å². The lowest BCUT2D eigenvalue weighted by Gasteiger charge is -2.26. The van der Waals surface area contributed by atoms with Gasteiger partial charge in [0.2, 0.25) is 0 Å². The molecule has 1 heterocycles. The van der Waals surface area contributed by atoms with Crippen molar-refractivity contribution in [3.8, 4) is 0 Å². The number of aryl methyl sites for hydroxylation is 1. The van der Waals surface area contributed by atoms with E-state index in [1.807, 2.05) is 0 Å². The maximum absolute atomic E-state index is 6.07. The van der Waals surface area contributed by atoms with Crippen LogP contribution >= 0.6 is 0 Å². The summed E-state index contributed by atoms with van der Waals surface area (Å²) in [5.74, 6) is 0.995. The van der Waals surface area contributed by atoms with E-state index in [9.17, 15) is 0 Å². The number of aromatic nitrogens is 2. The molecule has 3 heteroatoms. The molecule has 3 N–H and O–H groups in total. The van der Waals surface area contributed by atoms with E-state index >= 15 is 0 Å². The summed E-state index contributed by atoms with van der Waals surface area (Å²) >= 11 is 0. The molecule has 2 unspecified atom stereocenters. The second-order valence-electron chi connectivity index (χ2n) is 5.01. The van der Waals surface area contributed by atoms with Crippen LogP contribution in [-0.2, 0) is 6.42 Å². The van der Waals surface area contributed by atoms with E-state index in [1.54, 1.807) is 0 Å². The summed E-state index contributed by atoms with van der Waals surface area (Å²) in [5.41, 5.74) is 10.0. The Kier molecular flexibility index (Phi) is 2.83. The molecule has 0 saturated heterocycles. The number of nitrogens with two attached hydrogens (primary N) is 1. The van der Waals surface area contributed by atoms with Crippen LogP contribution in [0.4, 0.5) is 0 Å². The van der Waals surface area contributed by atoms with Crippen molar-refractivity contribution >= 4 is 0 Å². The molecular weight excluding hydrogens is 186 g/mol. The highest BCUT2D eigenvalue weighted by Crippen LogP contribution is 2.36. The first-order valence-electron chi connectivity index (χ1n) is 5.94. The van der Waals surface area contributed by atoms with Gasteiger partial charge in [0.15, 0.2) is 0 Å². The smallest absolute Gasteiger partial charge is 0.0685 e. The zero-order valence-electron chi connectivity index (χ0n) is 9.88. The van der Waals surface area contributed by atoms with Crippen molar-refractivity contribution < 1.29 is 0 Å². The molecule has 1 aromatic rings. The fourth-order valence-corrected chi connectivity index (χ4v) is 2.62. The first-order chi connectivity index (χ1) is 7.11. The van der Waals surface area contributed by atoms with E-state index in [0.29, 0.717) is 11.8 Å². The van der Waals surface area contributed by atoms with E-state index in [2.05, 4.69) is 31.0 Å². The first-order valence-corrected chi connectivity index (χ1v) is 5.94. The van der Waals surface area contributed by atoms with E-state index in [4.69, 9.17) is 5.73 Å². The van der Waals surface area contributed by atoms with Crippen molar-refractivity contribution in [2.75, 3.05) is 0 Å². The van der Waals surface area contributed by atoms with Crippen LogP contribution in [0.3, 0.4) is 0 Å². The number of nitrogens with zero attached hydrogens (tertiary/aromatic N) is 1. The van der Waals surface area contributed by atoms with Crippen molar-refractivity contribution in [2.45, 2.75) is 57.9 Å². The van der Waals surface area contributed by atoms with Gasteiger partial charge in [-0.05, 0) is 32.1 Å². The molecule has 0 radical (unpaired) electrons. The van der Waals surface area contributed by atoms with E-state index in [1.165, 1.54) is 29.8 Å². The molecule has 0 fully saturated rings. The van der Waals surface area contributed by atoms with E-state index < -0.39 is 0 Å². The Hall–Kier alpha value is -0.830. The van der Waals surface area contributed by atoms with Gasteiger partial charge in [0.05, 0.1) is 5.69 Å². The van der Waals surface area contributed by atoms with E-state index in [0.717, 1.165) is 6.42 Å². The maximum Gasteiger partial charge on any atom is 0.0685 e. The fraction of sp³-hybridized carbons (Fsp3) is 0.750. The number of hydrogen-bond donors (Lipinski definition) is 2. The van der Waals surface area contributed by atoms with Gasteiger partial charge >= 0.3 is 0 Å². The van der Waals surface area contributed by atoms with Crippen molar-refractivity contribution in [3.63, 3.8) is 0 Å². The molecule has 0 aliphatic heterocycles. The molecule has 1 aromatic heterocycles. The predicted molar refractivity (Wildman–Crippen MR) is 62.0 cm³/mol. The van der Waals surface area contributed by atoms with Gasteiger partial charge in [-0.2, -0.15) is 5.10 Å². The lowest BCUT2D eigenvalue weighted by molar-refractivity contribution is 0.479. The minimum absolute atomic E-state index is 0.235. The molecule has 0 amide bonds. The zero-order valence-corrected chi connectivity index (χ0v) is 9.88. The molecule has 0 spiro atoms. The Morgan fingerprint density at radius 3 is 2.73 bits per heavy atom. The Balaban J connectivity index is 2.43. The Bertz CT molecular complexity index is 339. The third-order valence-electron chi connectivity index (χ3n) is 3.41. The second-order valence-corrected chi connectivity index (χ2v) is 5.01. The standard InChI is InChI=1S/C12H21N3/c1-7(2)12-11-9(8(3)13)5-4-6-10(11)14-15-12/h7-9H,4-6,13H2,1-3H3,(H,14,15). The maximum atomic E-state index is 6.07. The summed E-state index contributed by atoms with van der Waals surface area (Å²) < 4.78 is 0. The number of fused-ring (bicyclic) bond motifs is 1.